The second-order valence-corrected chi connectivity index (χ2v) is 7.65. The van der Waals surface area contributed by atoms with Gasteiger partial charge < -0.3 is 14.2 Å². The predicted octanol–water partition coefficient (Wildman–Crippen LogP) is 6.21. The van der Waals surface area contributed by atoms with Crippen LogP contribution >= 0.6 is 11.6 Å². The number of halogens is 7. The molecule has 0 aliphatic rings. The van der Waals surface area contributed by atoms with E-state index in [1.54, 1.807) is 12.1 Å². The van der Waals surface area contributed by atoms with E-state index < -0.39 is 42.3 Å². The maximum Gasteiger partial charge on any atom is 0.377 e. The monoisotopic (exact) mass is 498 g/mol. The maximum atomic E-state index is 13.9. The van der Waals surface area contributed by atoms with Crippen molar-refractivity contribution in [2.45, 2.75) is 37.0 Å². The molecule has 182 valence electrons. The highest BCUT2D eigenvalue weighted by atomic mass is 35.5. The van der Waals surface area contributed by atoms with Gasteiger partial charge in [0.15, 0.2) is 6.61 Å². The third kappa shape index (κ3) is 6.54. The zero-order chi connectivity index (χ0) is 24.9. The molecular weight excluding hydrogens is 478 g/mol. The molecule has 2 rings (SSSR count). The average molecular weight is 499 g/mol. The Bertz CT molecular complexity index is 917. The second-order valence-electron chi connectivity index (χ2n) is 6.99. The van der Waals surface area contributed by atoms with Crippen LogP contribution in [0.5, 0.6) is 11.5 Å². The summed E-state index contributed by atoms with van der Waals surface area (Å²) in [6, 6.07) is 11.6. The minimum atomic E-state index is -5.68. The first-order valence-corrected chi connectivity index (χ1v) is 10.1. The Morgan fingerprint density at radius 1 is 0.848 bits per heavy atom. The van der Waals surface area contributed by atoms with Gasteiger partial charge in [-0.2, -0.15) is 26.3 Å². The van der Waals surface area contributed by atoms with Crippen molar-refractivity contribution in [2.24, 2.45) is 0 Å². The standard InChI is InChI=1S/C22H21ClF6O4/c1-3-31-12-20(24,25)22(28,29)21(26,27)13-32-17-8-4-15(5-9-17)16-6-10-18(11-7-16)33-19(30)14(2)23/h4-11,14H,3,12-13H2,1-2H3/t14-/m0/s1. The number of ether oxygens (including phenoxy) is 3. The molecule has 33 heavy (non-hydrogen) atoms. The fourth-order valence-corrected chi connectivity index (χ4v) is 2.55. The number of rotatable bonds is 11. The van der Waals surface area contributed by atoms with Gasteiger partial charge in [-0.1, -0.05) is 24.3 Å². The van der Waals surface area contributed by atoms with E-state index in [4.69, 9.17) is 16.3 Å². The van der Waals surface area contributed by atoms with Crippen LogP contribution in [0, 0.1) is 0 Å². The Labute approximate surface area is 191 Å². The van der Waals surface area contributed by atoms with Gasteiger partial charge in [0.05, 0.1) is 0 Å². The third-order valence-corrected chi connectivity index (χ3v) is 4.59. The van der Waals surface area contributed by atoms with E-state index in [0.29, 0.717) is 11.1 Å². The Kier molecular flexibility index (Phi) is 8.64. The zero-order valence-corrected chi connectivity index (χ0v) is 18.4. The normalized spacial score (nSPS) is 13.5. The van der Waals surface area contributed by atoms with Gasteiger partial charge in [-0.3, -0.25) is 4.79 Å². The summed E-state index contributed by atoms with van der Waals surface area (Å²) in [4.78, 5) is 11.5. The molecule has 11 heteroatoms. The largest absolute Gasteiger partial charge is 0.487 e. The predicted molar refractivity (Wildman–Crippen MR) is 110 cm³/mol. The highest BCUT2D eigenvalue weighted by molar-refractivity contribution is 6.29. The van der Waals surface area contributed by atoms with Gasteiger partial charge in [-0.25, -0.2) is 0 Å². The van der Waals surface area contributed by atoms with Crippen LogP contribution < -0.4 is 9.47 Å². The van der Waals surface area contributed by atoms with Gasteiger partial charge in [0.25, 0.3) is 0 Å². The lowest BCUT2D eigenvalue weighted by atomic mass is 10.1. The number of hydrogen-bond acceptors (Lipinski definition) is 4. The molecule has 0 amide bonds. The number of alkyl halides is 7. The van der Waals surface area contributed by atoms with Gasteiger partial charge in [0, 0.05) is 6.61 Å². The van der Waals surface area contributed by atoms with Gasteiger partial charge in [0.1, 0.15) is 23.5 Å². The molecule has 0 aromatic heterocycles. The SMILES string of the molecule is CCOCC(F)(F)C(F)(F)C(F)(F)COc1ccc(-c2ccc(OC(=O)[C@H](C)Cl)cc2)cc1. The fourth-order valence-electron chi connectivity index (χ4n) is 2.51. The van der Waals surface area contributed by atoms with E-state index in [2.05, 4.69) is 9.47 Å². The molecule has 0 N–H and O–H groups in total. The first-order chi connectivity index (χ1) is 15.3. The molecule has 0 saturated carbocycles. The molecule has 4 nitrogen and oxygen atoms in total. The van der Waals surface area contributed by atoms with E-state index in [1.807, 2.05) is 0 Å². The molecule has 0 radical (unpaired) electrons. The average Bonchev–Trinajstić information content (AvgIpc) is 2.77. The summed E-state index contributed by atoms with van der Waals surface area (Å²) in [6.45, 7) is -1.40. The van der Waals surface area contributed by atoms with E-state index in [9.17, 15) is 31.1 Å². The van der Waals surface area contributed by atoms with Crippen molar-refractivity contribution in [1.82, 2.24) is 0 Å². The Morgan fingerprint density at radius 2 is 1.30 bits per heavy atom. The van der Waals surface area contributed by atoms with Crippen molar-refractivity contribution in [3.63, 3.8) is 0 Å². The quantitative estimate of drug-likeness (QED) is 0.160. The lowest BCUT2D eigenvalue weighted by molar-refractivity contribution is -0.324. The molecule has 0 spiro atoms. The van der Waals surface area contributed by atoms with Crippen LogP contribution in [-0.4, -0.2) is 48.9 Å². The maximum absolute atomic E-state index is 13.9. The summed E-state index contributed by atoms with van der Waals surface area (Å²) in [7, 11) is 0. The number of carbonyl (C=O) groups excluding carboxylic acids is 1. The summed E-state index contributed by atoms with van der Waals surface area (Å²) < 4.78 is 96.2. The number of benzene rings is 2. The highest BCUT2D eigenvalue weighted by Gasteiger charge is 2.71. The number of hydrogen-bond donors (Lipinski definition) is 0. The highest BCUT2D eigenvalue weighted by Crippen LogP contribution is 2.46. The van der Waals surface area contributed by atoms with E-state index in [-0.39, 0.29) is 18.1 Å². The summed E-state index contributed by atoms with van der Waals surface area (Å²) in [6.07, 6.45) is 0. The molecule has 0 aliphatic carbocycles. The number of carbonyl (C=O) groups is 1. The van der Waals surface area contributed by atoms with Crippen LogP contribution in [0.2, 0.25) is 0 Å². The van der Waals surface area contributed by atoms with Gasteiger partial charge in [0.2, 0.25) is 0 Å². The molecular formula is C22H21ClF6O4. The van der Waals surface area contributed by atoms with Crippen molar-refractivity contribution in [3.8, 4) is 22.6 Å². The molecule has 0 saturated heterocycles. The van der Waals surface area contributed by atoms with Crippen LogP contribution in [-0.2, 0) is 9.53 Å². The summed E-state index contributed by atoms with van der Waals surface area (Å²) in [5, 5.41) is -0.819. The Morgan fingerprint density at radius 3 is 1.76 bits per heavy atom. The third-order valence-electron chi connectivity index (χ3n) is 4.41. The van der Waals surface area contributed by atoms with Crippen LogP contribution in [0.15, 0.2) is 48.5 Å². The smallest absolute Gasteiger partial charge is 0.377 e. The zero-order valence-electron chi connectivity index (χ0n) is 17.6. The molecule has 0 unspecified atom stereocenters. The van der Waals surface area contributed by atoms with E-state index in [0.717, 1.165) is 0 Å². The van der Waals surface area contributed by atoms with Crippen LogP contribution in [0.4, 0.5) is 26.3 Å². The summed E-state index contributed by atoms with van der Waals surface area (Å²) in [5.41, 5.74) is 1.26. The second kappa shape index (κ2) is 10.6. The Balaban J connectivity index is 2.03. The summed E-state index contributed by atoms with van der Waals surface area (Å²) in [5.74, 6) is -16.5. The lowest BCUT2D eigenvalue weighted by Crippen LogP contribution is -2.58. The number of esters is 1. The van der Waals surface area contributed by atoms with Gasteiger partial charge >= 0.3 is 23.7 Å². The molecule has 1 atom stereocenters. The molecule has 0 bridgehead atoms. The molecule has 0 fully saturated rings. The summed E-state index contributed by atoms with van der Waals surface area (Å²) >= 11 is 5.62. The van der Waals surface area contributed by atoms with Crippen molar-refractivity contribution in [3.05, 3.63) is 48.5 Å². The molecule has 0 aliphatic heterocycles. The van der Waals surface area contributed by atoms with Crippen molar-refractivity contribution in [1.29, 1.82) is 0 Å². The van der Waals surface area contributed by atoms with Crippen molar-refractivity contribution < 1.29 is 45.3 Å². The van der Waals surface area contributed by atoms with Gasteiger partial charge in [-0.15, -0.1) is 11.6 Å². The first-order valence-electron chi connectivity index (χ1n) is 9.71. The molecule has 2 aromatic rings. The Hall–Kier alpha value is -2.46. The molecule has 2 aromatic carbocycles. The topological polar surface area (TPSA) is 44.8 Å². The molecule has 0 heterocycles. The first kappa shape index (κ1) is 26.8. The van der Waals surface area contributed by atoms with Crippen LogP contribution in [0.3, 0.4) is 0 Å². The van der Waals surface area contributed by atoms with Crippen molar-refractivity contribution in [2.75, 3.05) is 19.8 Å². The van der Waals surface area contributed by atoms with Gasteiger partial charge in [-0.05, 0) is 49.2 Å². The minimum absolute atomic E-state index is 0.219. The van der Waals surface area contributed by atoms with E-state index in [1.165, 1.54) is 50.2 Å². The lowest BCUT2D eigenvalue weighted by Gasteiger charge is -2.32. The van der Waals surface area contributed by atoms with Crippen molar-refractivity contribution >= 4 is 17.6 Å². The van der Waals surface area contributed by atoms with Crippen LogP contribution in [0.1, 0.15) is 13.8 Å². The minimum Gasteiger partial charge on any atom is -0.487 e. The fraction of sp³-hybridized carbons (Fsp3) is 0.409. The van der Waals surface area contributed by atoms with E-state index >= 15 is 0 Å². The van der Waals surface area contributed by atoms with Crippen LogP contribution in [0.25, 0.3) is 11.1 Å².